The highest BCUT2D eigenvalue weighted by Gasteiger charge is 2.30. The highest BCUT2D eigenvalue weighted by atomic mass is 17.2. The standard InChI is InChI=1S/C22H26O6.C12H26O2.C7H6O2/c1-21(2,27-25-19(23)17-11-7-5-8-12-17)15-16-22(3,4)28-26-20(24)18-13-9-6-10-14-18;1-3-5-7-9-11-13-14-12-10-8-6-4-2;8-7(9)6-4-2-1-3-5-6/h5-14H,15-16H2,1-4H3;3-12H2,1-2H3;1-5H,(H,8,9). The minimum atomic E-state index is -0.879. The van der Waals surface area contributed by atoms with E-state index in [1.54, 1.807) is 107 Å². The maximum atomic E-state index is 12.0. The molecule has 3 aromatic carbocycles. The van der Waals surface area contributed by atoms with Gasteiger partial charge in [0.05, 0.1) is 29.9 Å². The van der Waals surface area contributed by atoms with Crippen molar-refractivity contribution in [3.63, 3.8) is 0 Å². The molecule has 10 nitrogen and oxygen atoms in total. The predicted molar refractivity (Wildman–Crippen MR) is 197 cm³/mol. The van der Waals surface area contributed by atoms with Gasteiger partial charge in [-0.3, -0.25) is 9.78 Å². The maximum Gasteiger partial charge on any atom is 0.373 e. The van der Waals surface area contributed by atoms with Crippen molar-refractivity contribution in [2.75, 3.05) is 13.2 Å². The molecule has 51 heavy (non-hydrogen) atoms. The van der Waals surface area contributed by atoms with Crippen molar-refractivity contribution in [1.29, 1.82) is 0 Å². The van der Waals surface area contributed by atoms with Gasteiger partial charge >= 0.3 is 17.9 Å². The van der Waals surface area contributed by atoms with E-state index >= 15 is 0 Å². The Hall–Kier alpha value is -4.09. The van der Waals surface area contributed by atoms with Crippen LogP contribution >= 0.6 is 0 Å². The number of carboxylic acids is 1. The van der Waals surface area contributed by atoms with E-state index in [2.05, 4.69) is 13.8 Å². The molecule has 3 rings (SSSR count). The van der Waals surface area contributed by atoms with Gasteiger partial charge in [-0.25, -0.2) is 24.2 Å². The Morgan fingerprint density at radius 2 is 0.843 bits per heavy atom. The zero-order valence-electron chi connectivity index (χ0n) is 31.3. The fourth-order valence-corrected chi connectivity index (χ4v) is 4.11. The number of aromatic carboxylic acids is 1. The molecule has 1 N–H and O–H groups in total. The zero-order chi connectivity index (χ0) is 37.8. The van der Waals surface area contributed by atoms with Crippen LogP contribution in [0.3, 0.4) is 0 Å². The highest BCUT2D eigenvalue weighted by Crippen LogP contribution is 2.26. The first kappa shape index (κ1) is 44.9. The van der Waals surface area contributed by atoms with Crippen LogP contribution in [-0.2, 0) is 29.3 Å². The normalized spacial score (nSPS) is 10.9. The summed E-state index contributed by atoms with van der Waals surface area (Å²) in [6, 6.07) is 25.5. The van der Waals surface area contributed by atoms with Gasteiger partial charge in [0.15, 0.2) is 0 Å². The third kappa shape index (κ3) is 23.1. The van der Waals surface area contributed by atoms with Gasteiger partial charge in [0.1, 0.15) is 11.2 Å². The van der Waals surface area contributed by atoms with Gasteiger partial charge in [0.2, 0.25) is 0 Å². The summed E-state index contributed by atoms with van der Waals surface area (Å²) in [6.07, 6.45) is 10.9. The molecule has 0 amide bonds. The lowest BCUT2D eigenvalue weighted by Crippen LogP contribution is -2.32. The lowest BCUT2D eigenvalue weighted by molar-refractivity contribution is -0.325. The molecule has 0 bridgehead atoms. The molecule has 0 aliphatic rings. The second-order valence-electron chi connectivity index (χ2n) is 13.1. The van der Waals surface area contributed by atoms with E-state index in [9.17, 15) is 14.4 Å². The average Bonchev–Trinajstić information content (AvgIpc) is 3.14. The Kier molecular flexibility index (Phi) is 23.5. The van der Waals surface area contributed by atoms with Crippen LogP contribution in [0.4, 0.5) is 0 Å². The SMILES string of the molecule is CC(C)(CCC(C)(C)OOC(=O)c1ccccc1)OOC(=O)c1ccccc1.CCCCCCOOCCCCCC.O=C(O)c1ccccc1. The number of hydrogen-bond acceptors (Lipinski definition) is 9. The maximum absolute atomic E-state index is 12.0. The summed E-state index contributed by atoms with van der Waals surface area (Å²) in [5.41, 5.74) is -0.328. The number of rotatable bonds is 21. The average molecular weight is 711 g/mol. The Labute approximate surface area is 304 Å². The Bertz CT molecular complexity index is 1250. The van der Waals surface area contributed by atoms with Crippen LogP contribution in [0.25, 0.3) is 0 Å². The van der Waals surface area contributed by atoms with E-state index in [0.717, 1.165) is 26.1 Å². The number of benzene rings is 3. The molecule has 0 saturated heterocycles. The lowest BCUT2D eigenvalue weighted by atomic mass is 9.94. The van der Waals surface area contributed by atoms with Crippen LogP contribution in [0.1, 0.15) is 137 Å². The number of carbonyl (C=O) groups is 3. The molecular formula is C41H58O10. The summed E-state index contributed by atoms with van der Waals surface area (Å²) in [6.45, 7) is 13.2. The molecule has 282 valence electrons. The van der Waals surface area contributed by atoms with Crippen molar-refractivity contribution >= 4 is 17.9 Å². The second kappa shape index (κ2) is 26.7. The summed E-state index contributed by atoms with van der Waals surface area (Å²) in [5.74, 6) is -1.99. The van der Waals surface area contributed by atoms with Crippen LogP contribution in [0.15, 0.2) is 91.0 Å². The lowest BCUT2D eigenvalue weighted by Gasteiger charge is -2.28. The van der Waals surface area contributed by atoms with E-state index in [1.807, 2.05) is 12.1 Å². The molecule has 0 saturated carbocycles. The first-order valence-electron chi connectivity index (χ1n) is 17.8. The van der Waals surface area contributed by atoms with Crippen LogP contribution in [0.5, 0.6) is 0 Å². The number of hydrogen-bond donors (Lipinski definition) is 1. The zero-order valence-corrected chi connectivity index (χ0v) is 31.3. The summed E-state index contributed by atoms with van der Waals surface area (Å²) in [4.78, 5) is 64.8. The molecule has 0 radical (unpaired) electrons. The quantitative estimate of drug-likeness (QED) is 0.0648. The van der Waals surface area contributed by atoms with Crippen molar-refractivity contribution < 1.29 is 48.8 Å². The van der Waals surface area contributed by atoms with Gasteiger partial charge in [-0.2, -0.15) is 9.78 Å². The van der Waals surface area contributed by atoms with E-state index in [4.69, 9.17) is 34.4 Å². The minimum absolute atomic E-state index is 0.331. The molecule has 0 unspecified atom stereocenters. The summed E-state index contributed by atoms with van der Waals surface area (Å²) in [5, 5.41) is 8.38. The van der Waals surface area contributed by atoms with Gasteiger partial charge in [-0.15, -0.1) is 0 Å². The predicted octanol–water partition coefficient (Wildman–Crippen LogP) is 10.4. The smallest absolute Gasteiger partial charge is 0.373 e. The van der Waals surface area contributed by atoms with E-state index in [1.165, 1.54) is 38.5 Å². The third-order valence-corrected chi connectivity index (χ3v) is 7.30. The van der Waals surface area contributed by atoms with Gasteiger partial charge in [0.25, 0.3) is 0 Å². The molecule has 3 aromatic rings. The number of unbranched alkanes of at least 4 members (excludes halogenated alkanes) is 6. The molecule has 0 heterocycles. The fraction of sp³-hybridized carbons (Fsp3) is 0.488. The molecule has 10 heteroatoms. The van der Waals surface area contributed by atoms with Gasteiger partial charge in [-0.1, -0.05) is 107 Å². The van der Waals surface area contributed by atoms with Crippen LogP contribution in [-0.4, -0.2) is 47.4 Å². The summed E-state index contributed by atoms with van der Waals surface area (Å²) < 4.78 is 0. The fourth-order valence-electron chi connectivity index (χ4n) is 4.11. The number of carboxylic acid groups (broad SMARTS) is 1. The van der Waals surface area contributed by atoms with Crippen LogP contribution < -0.4 is 0 Å². The van der Waals surface area contributed by atoms with Gasteiger partial charge in [0, 0.05) is 0 Å². The van der Waals surface area contributed by atoms with Gasteiger partial charge < -0.3 is 5.11 Å². The van der Waals surface area contributed by atoms with E-state index in [-0.39, 0.29) is 0 Å². The Balaban J connectivity index is 0.000000466. The van der Waals surface area contributed by atoms with Gasteiger partial charge in [-0.05, 0) is 89.8 Å². The molecule has 0 atom stereocenters. The van der Waals surface area contributed by atoms with Crippen molar-refractivity contribution in [1.82, 2.24) is 0 Å². The Morgan fingerprint density at radius 3 is 1.14 bits per heavy atom. The topological polar surface area (TPSA) is 127 Å². The largest absolute Gasteiger partial charge is 0.478 e. The minimum Gasteiger partial charge on any atom is -0.478 e. The van der Waals surface area contributed by atoms with E-state index < -0.39 is 29.1 Å². The molecule has 0 aliphatic carbocycles. The molecular weight excluding hydrogens is 652 g/mol. The number of carbonyl (C=O) groups excluding carboxylic acids is 2. The highest BCUT2D eigenvalue weighted by molar-refractivity contribution is 5.89. The molecule has 0 aliphatic heterocycles. The van der Waals surface area contributed by atoms with Crippen molar-refractivity contribution in [2.24, 2.45) is 0 Å². The Morgan fingerprint density at radius 1 is 0.510 bits per heavy atom. The molecule has 0 spiro atoms. The monoisotopic (exact) mass is 710 g/mol. The summed E-state index contributed by atoms with van der Waals surface area (Å²) in [7, 11) is 0. The second-order valence-corrected chi connectivity index (χ2v) is 13.1. The van der Waals surface area contributed by atoms with Crippen LogP contribution in [0, 0.1) is 0 Å². The first-order chi connectivity index (χ1) is 24.4. The molecule has 0 fully saturated rings. The summed E-state index contributed by atoms with van der Waals surface area (Å²) >= 11 is 0. The van der Waals surface area contributed by atoms with E-state index in [0.29, 0.717) is 29.5 Å². The van der Waals surface area contributed by atoms with Crippen molar-refractivity contribution in [2.45, 2.75) is 117 Å². The van der Waals surface area contributed by atoms with Crippen molar-refractivity contribution in [3.05, 3.63) is 108 Å². The third-order valence-electron chi connectivity index (χ3n) is 7.30. The van der Waals surface area contributed by atoms with Crippen LogP contribution in [0.2, 0.25) is 0 Å². The molecule has 0 aromatic heterocycles. The first-order valence-corrected chi connectivity index (χ1v) is 17.8. The van der Waals surface area contributed by atoms with Crippen molar-refractivity contribution in [3.8, 4) is 0 Å².